The molecule has 3 aromatic rings. The van der Waals surface area contributed by atoms with Crippen LogP contribution in [-0.2, 0) is 5.88 Å². The van der Waals surface area contributed by atoms with Crippen molar-refractivity contribution >= 4 is 11.6 Å². The SMILES string of the molecule is ClCc1ccccc1Oc1ccc(-c2ccccc2)cc1. The molecule has 1 nitrogen and oxygen atoms in total. The minimum absolute atomic E-state index is 0.443. The van der Waals surface area contributed by atoms with E-state index >= 15 is 0 Å². The lowest BCUT2D eigenvalue weighted by molar-refractivity contribution is 0.478. The zero-order valence-corrected chi connectivity index (χ0v) is 12.3. The fraction of sp³-hybridized carbons (Fsp3) is 0.0526. The van der Waals surface area contributed by atoms with Crippen LogP contribution in [0.5, 0.6) is 11.5 Å². The molecule has 0 amide bonds. The van der Waals surface area contributed by atoms with Gasteiger partial charge in [0.1, 0.15) is 11.5 Å². The minimum Gasteiger partial charge on any atom is -0.457 e. The van der Waals surface area contributed by atoms with Crippen LogP contribution in [-0.4, -0.2) is 0 Å². The first-order valence-corrected chi connectivity index (χ1v) is 7.37. The zero-order chi connectivity index (χ0) is 14.5. The van der Waals surface area contributed by atoms with E-state index in [0.29, 0.717) is 5.88 Å². The van der Waals surface area contributed by atoms with Crippen molar-refractivity contribution < 1.29 is 4.74 Å². The fourth-order valence-corrected chi connectivity index (χ4v) is 2.41. The normalized spacial score (nSPS) is 10.3. The van der Waals surface area contributed by atoms with Gasteiger partial charge in [0, 0.05) is 5.56 Å². The van der Waals surface area contributed by atoms with Gasteiger partial charge in [0.15, 0.2) is 0 Å². The molecule has 3 aromatic carbocycles. The van der Waals surface area contributed by atoms with Crippen molar-refractivity contribution in [2.24, 2.45) is 0 Å². The van der Waals surface area contributed by atoms with Crippen molar-refractivity contribution in [1.82, 2.24) is 0 Å². The molecule has 0 saturated carbocycles. The molecule has 21 heavy (non-hydrogen) atoms. The van der Waals surface area contributed by atoms with Gasteiger partial charge in [-0.3, -0.25) is 0 Å². The summed E-state index contributed by atoms with van der Waals surface area (Å²) in [5, 5.41) is 0. The lowest BCUT2D eigenvalue weighted by atomic mass is 10.1. The average Bonchev–Trinajstić information content (AvgIpc) is 2.57. The van der Waals surface area contributed by atoms with Gasteiger partial charge in [-0.15, -0.1) is 11.6 Å². The van der Waals surface area contributed by atoms with E-state index in [1.807, 2.05) is 54.6 Å². The molecular weight excluding hydrogens is 280 g/mol. The van der Waals surface area contributed by atoms with E-state index in [-0.39, 0.29) is 0 Å². The largest absolute Gasteiger partial charge is 0.457 e. The molecule has 0 N–H and O–H groups in total. The van der Waals surface area contributed by atoms with E-state index in [4.69, 9.17) is 16.3 Å². The maximum absolute atomic E-state index is 5.92. The molecule has 0 aliphatic carbocycles. The third kappa shape index (κ3) is 3.26. The molecule has 3 rings (SSSR count). The van der Waals surface area contributed by atoms with E-state index in [1.54, 1.807) is 0 Å². The number of rotatable bonds is 4. The van der Waals surface area contributed by atoms with Gasteiger partial charge in [0.05, 0.1) is 5.88 Å². The molecule has 0 heterocycles. The Morgan fingerprint density at radius 2 is 1.29 bits per heavy atom. The number of para-hydroxylation sites is 1. The van der Waals surface area contributed by atoms with Crippen molar-refractivity contribution in [3.05, 3.63) is 84.4 Å². The molecule has 0 spiro atoms. The maximum atomic E-state index is 5.92. The van der Waals surface area contributed by atoms with Gasteiger partial charge in [-0.25, -0.2) is 0 Å². The smallest absolute Gasteiger partial charge is 0.131 e. The molecule has 0 aliphatic rings. The first-order valence-electron chi connectivity index (χ1n) is 6.84. The first kappa shape index (κ1) is 13.7. The van der Waals surface area contributed by atoms with Crippen molar-refractivity contribution in [1.29, 1.82) is 0 Å². The Labute approximate surface area is 129 Å². The van der Waals surface area contributed by atoms with Gasteiger partial charge in [-0.05, 0) is 29.3 Å². The molecule has 0 aromatic heterocycles. The Morgan fingerprint density at radius 1 is 0.667 bits per heavy atom. The summed E-state index contributed by atoms with van der Waals surface area (Å²) in [5.74, 6) is 2.06. The van der Waals surface area contributed by atoms with E-state index < -0.39 is 0 Å². The van der Waals surface area contributed by atoms with Crippen molar-refractivity contribution in [3.63, 3.8) is 0 Å². The molecule has 0 atom stereocenters. The Bertz CT molecular complexity index is 705. The van der Waals surface area contributed by atoms with Crippen LogP contribution in [0.2, 0.25) is 0 Å². The fourth-order valence-electron chi connectivity index (χ4n) is 2.19. The Morgan fingerprint density at radius 3 is 2.00 bits per heavy atom. The summed E-state index contributed by atoms with van der Waals surface area (Å²) in [6.45, 7) is 0. The quantitative estimate of drug-likeness (QED) is 0.546. The summed E-state index contributed by atoms with van der Waals surface area (Å²) in [6.07, 6.45) is 0. The van der Waals surface area contributed by atoms with Crippen LogP contribution in [0.4, 0.5) is 0 Å². The van der Waals surface area contributed by atoms with Crippen molar-refractivity contribution in [3.8, 4) is 22.6 Å². The van der Waals surface area contributed by atoms with Gasteiger partial charge < -0.3 is 4.74 Å². The molecule has 0 aliphatic heterocycles. The number of benzene rings is 3. The number of alkyl halides is 1. The molecule has 0 radical (unpaired) electrons. The topological polar surface area (TPSA) is 9.23 Å². The molecule has 0 saturated heterocycles. The van der Waals surface area contributed by atoms with Gasteiger partial charge in [0.25, 0.3) is 0 Å². The van der Waals surface area contributed by atoms with E-state index in [2.05, 4.69) is 24.3 Å². The molecule has 2 heteroatoms. The highest BCUT2D eigenvalue weighted by Gasteiger charge is 2.03. The molecule has 0 bridgehead atoms. The number of ether oxygens (including phenoxy) is 1. The number of halogens is 1. The molecular formula is C19H15ClO. The molecule has 104 valence electrons. The second-order valence-corrected chi connectivity index (χ2v) is 5.00. The highest BCUT2D eigenvalue weighted by atomic mass is 35.5. The van der Waals surface area contributed by atoms with Crippen LogP contribution < -0.4 is 4.74 Å². The minimum atomic E-state index is 0.443. The lowest BCUT2D eigenvalue weighted by Gasteiger charge is -2.10. The van der Waals surface area contributed by atoms with Crippen LogP contribution in [0, 0.1) is 0 Å². The second kappa shape index (κ2) is 6.47. The summed E-state index contributed by atoms with van der Waals surface area (Å²) in [4.78, 5) is 0. The highest BCUT2D eigenvalue weighted by Crippen LogP contribution is 2.28. The Balaban J connectivity index is 1.82. The highest BCUT2D eigenvalue weighted by molar-refractivity contribution is 6.17. The third-order valence-electron chi connectivity index (χ3n) is 3.31. The molecule has 0 fully saturated rings. The van der Waals surface area contributed by atoms with E-state index in [9.17, 15) is 0 Å². The molecule has 0 unspecified atom stereocenters. The summed E-state index contributed by atoms with van der Waals surface area (Å²) in [5.41, 5.74) is 3.37. The van der Waals surface area contributed by atoms with Crippen molar-refractivity contribution in [2.45, 2.75) is 5.88 Å². The van der Waals surface area contributed by atoms with Gasteiger partial charge in [0.2, 0.25) is 0 Å². The summed E-state index contributed by atoms with van der Waals surface area (Å²) < 4.78 is 5.91. The second-order valence-electron chi connectivity index (χ2n) is 4.73. The Hall–Kier alpha value is -2.25. The van der Waals surface area contributed by atoms with E-state index in [1.165, 1.54) is 11.1 Å². The predicted octanol–water partition coefficient (Wildman–Crippen LogP) is 5.88. The summed E-state index contributed by atoms with van der Waals surface area (Å²) in [6, 6.07) is 26.2. The lowest BCUT2D eigenvalue weighted by Crippen LogP contribution is -1.89. The average molecular weight is 295 g/mol. The first-order chi connectivity index (χ1) is 10.4. The number of hydrogen-bond donors (Lipinski definition) is 0. The van der Waals surface area contributed by atoms with Gasteiger partial charge in [-0.1, -0.05) is 60.7 Å². The summed E-state index contributed by atoms with van der Waals surface area (Å²) in [7, 11) is 0. The standard InChI is InChI=1S/C19H15ClO/c20-14-17-8-4-5-9-19(17)21-18-12-10-16(11-13-18)15-6-2-1-3-7-15/h1-13H,14H2. The van der Waals surface area contributed by atoms with Crippen LogP contribution in [0.15, 0.2) is 78.9 Å². The zero-order valence-electron chi connectivity index (χ0n) is 11.5. The van der Waals surface area contributed by atoms with Crippen molar-refractivity contribution in [2.75, 3.05) is 0 Å². The van der Waals surface area contributed by atoms with Gasteiger partial charge in [-0.2, -0.15) is 0 Å². The predicted molar refractivity (Wildman–Crippen MR) is 88.0 cm³/mol. The number of hydrogen-bond acceptors (Lipinski definition) is 1. The van der Waals surface area contributed by atoms with Gasteiger partial charge >= 0.3 is 0 Å². The maximum Gasteiger partial charge on any atom is 0.131 e. The van der Waals surface area contributed by atoms with E-state index in [0.717, 1.165) is 17.1 Å². The third-order valence-corrected chi connectivity index (χ3v) is 3.59. The van der Waals surface area contributed by atoms with Crippen LogP contribution in [0.3, 0.4) is 0 Å². The monoisotopic (exact) mass is 294 g/mol. The van der Waals surface area contributed by atoms with Crippen LogP contribution in [0.25, 0.3) is 11.1 Å². The Kier molecular flexibility index (Phi) is 4.23. The van der Waals surface area contributed by atoms with Crippen LogP contribution in [0.1, 0.15) is 5.56 Å². The summed E-state index contributed by atoms with van der Waals surface area (Å²) >= 11 is 5.92. The van der Waals surface area contributed by atoms with Crippen LogP contribution >= 0.6 is 11.6 Å².